The van der Waals surface area contributed by atoms with Crippen LogP contribution < -0.4 is 5.43 Å². The van der Waals surface area contributed by atoms with Gasteiger partial charge in [0.15, 0.2) is 5.43 Å². The van der Waals surface area contributed by atoms with Crippen molar-refractivity contribution in [3.8, 4) is 0 Å². The van der Waals surface area contributed by atoms with Gasteiger partial charge < -0.3 is 4.42 Å². The van der Waals surface area contributed by atoms with E-state index in [-0.39, 0.29) is 5.43 Å². The molecule has 1 fully saturated rings. The molecule has 2 heterocycles. The van der Waals surface area contributed by atoms with E-state index in [4.69, 9.17) is 16.0 Å². The number of benzene rings is 2. The van der Waals surface area contributed by atoms with Gasteiger partial charge in [-0.2, -0.15) is 0 Å². The van der Waals surface area contributed by atoms with E-state index >= 15 is 0 Å². The lowest BCUT2D eigenvalue weighted by atomic mass is 10.0. The summed E-state index contributed by atoms with van der Waals surface area (Å²) in [7, 11) is 0. The number of halogens is 1. The minimum absolute atomic E-state index is 0.113. The van der Waals surface area contributed by atoms with E-state index in [9.17, 15) is 4.79 Å². The molecule has 0 spiro atoms. The van der Waals surface area contributed by atoms with Crippen molar-refractivity contribution in [3.05, 3.63) is 80.7 Å². The predicted molar refractivity (Wildman–Crippen MR) is 115 cm³/mol. The Hall–Kier alpha value is -2.10. The Morgan fingerprint density at radius 3 is 2.36 bits per heavy atom. The summed E-state index contributed by atoms with van der Waals surface area (Å²) in [6.07, 6.45) is 8.38. The zero-order valence-electron chi connectivity index (χ0n) is 16.1. The quantitative estimate of drug-likeness (QED) is 0.487. The minimum Gasteiger partial charge on any atom is -0.464 e. The summed E-state index contributed by atoms with van der Waals surface area (Å²) in [5, 5.41) is 1.48. The lowest BCUT2D eigenvalue weighted by Crippen LogP contribution is -2.22. The van der Waals surface area contributed by atoms with Crippen LogP contribution in [-0.4, -0.2) is 18.0 Å². The molecule has 0 atom stereocenters. The van der Waals surface area contributed by atoms with Gasteiger partial charge >= 0.3 is 0 Å². The van der Waals surface area contributed by atoms with Crippen molar-refractivity contribution in [2.45, 2.75) is 45.1 Å². The maximum absolute atomic E-state index is 12.8. The molecular weight excluding hydrogens is 370 g/mol. The van der Waals surface area contributed by atoms with Crippen molar-refractivity contribution in [2.24, 2.45) is 0 Å². The number of fused-ring (bicyclic) bond motifs is 1. The number of rotatable bonds is 7. The number of unbranched alkanes of at least 4 members (excludes halogenated alkanes) is 1. The van der Waals surface area contributed by atoms with Crippen LogP contribution in [0.4, 0.5) is 0 Å². The summed E-state index contributed by atoms with van der Waals surface area (Å²) in [5.41, 5.74) is 4.12. The molecule has 1 aliphatic heterocycles. The van der Waals surface area contributed by atoms with Gasteiger partial charge in [0.05, 0.1) is 11.6 Å². The number of nitrogens with zero attached hydrogens (tertiary/aromatic N) is 1. The smallest absolute Gasteiger partial charge is 0.197 e. The molecule has 146 valence electrons. The van der Waals surface area contributed by atoms with Crippen LogP contribution >= 0.6 is 11.6 Å². The third kappa shape index (κ3) is 4.65. The number of likely N-dealkylation sites (tertiary alicyclic amines) is 1. The highest BCUT2D eigenvalue weighted by molar-refractivity contribution is 6.30. The van der Waals surface area contributed by atoms with Gasteiger partial charge in [-0.1, -0.05) is 29.8 Å². The van der Waals surface area contributed by atoms with E-state index in [1.54, 1.807) is 6.26 Å². The summed E-state index contributed by atoms with van der Waals surface area (Å²) in [5.74, 6) is 0. The molecule has 0 saturated carbocycles. The van der Waals surface area contributed by atoms with Crippen LogP contribution in [0.1, 0.15) is 42.4 Å². The first-order valence-electron chi connectivity index (χ1n) is 10.2. The number of aryl methyl sites for hydroxylation is 2. The lowest BCUT2D eigenvalue weighted by molar-refractivity contribution is 0.327. The van der Waals surface area contributed by atoms with E-state index in [1.807, 2.05) is 24.3 Å². The first kappa shape index (κ1) is 19.2. The van der Waals surface area contributed by atoms with Crippen LogP contribution in [-0.2, 0) is 19.4 Å². The molecule has 3 aromatic rings. The fourth-order valence-electron chi connectivity index (χ4n) is 3.97. The van der Waals surface area contributed by atoms with Crippen LogP contribution in [0.5, 0.6) is 0 Å². The van der Waals surface area contributed by atoms with Gasteiger partial charge in [0, 0.05) is 17.1 Å². The standard InChI is InChI=1S/C24H26ClNO2/c25-21-10-7-18(8-11-21)5-1-2-6-19-9-12-22-23(15-19)28-17-20(24(22)27)16-26-13-3-4-14-26/h7-12,15,17H,1-6,13-14,16H2. The fourth-order valence-corrected chi connectivity index (χ4v) is 4.09. The summed E-state index contributed by atoms with van der Waals surface area (Å²) in [6.45, 7) is 2.85. The zero-order chi connectivity index (χ0) is 19.3. The van der Waals surface area contributed by atoms with E-state index < -0.39 is 0 Å². The van der Waals surface area contributed by atoms with Crippen molar-refractivity contribution in [1.82, 2.24) is 4.90 Å². The largest absolute Gasteiger partial charge is 0.464 e. The molecule has 0 aliphatic carbocycles. The SMILES string of the molecule is O=c1c(CN2CCCC2)coc2cc(CCCCc3ccc(Cl)cc3)ccc12. The van der Waals surface area contributed by atoms with Gasteiger partial charge in [0.2, 0.25) is 0 Å². The highest BCUT2D eigenvalue weighted by Crippen LogP contribution is 2.18. The second-order valence-corrected chi connectivity index (χ2v) is 8.17. The van der Waals surface area contributed by atoms with Gasteiger partial charge in [-0.25, -0.2) is 0 Å². The Bertz CT molecular complexity index is 988. The molecule has 0 N–H and O–H groups in total. The number of hydrogen-bond acceptors (Lipinski definition) is 3. The van der Waals surface area contributed by atoms with Gasteiger partial charge in [0.1, 0.15) is 5.58 Å². The first-order chi connectivity index (χ1) is 13.7. The topological polar surface area (TPSA) is 33.5 Å². The van der Waals surface area contributed by atoms with Crippen LogP contribution in [0.2, 0.25) is 5.02 Å². The Balaban J connectivity index is 1.37. The third-order valence-electron chi connectivity index (χ3n) is 5.60. The molecule has 0 bridgehead atoms. The van der Waals surface area contributed by atoms with Crippen molar-refractivity contribution in [3.63, 3.8) is 0 Å². The van der Waals surface area contributed by atoms with Crippen molar-refractivity contribution in [1.29, 1.82) is 0 Å². The third-order valence-corrected chi connectivity index (χ3v) is 5.85. The molecule has 0 unspecified atom stereocenters. The fraction of sp³-hybridized carbons (Fsp3) is 0.375. The van der Waals surface area contributed by atoms with E-state index in [0.29, 0.717) is 17.5 Å². The Morgan fingerprint density at radius 1 is 0.929 bits per heavy atom. The molecule has 0 amide bonds. The predicted octanol–water partition coefficient (Wildman–Crippen LogP) is 5.61. The second-order valence-electron chi connectivity index (χ2n) is 7.74. The zero-order valence-corrected chi connectivity index (χ0v) is 16.9. The minimum atomic E-state index is 0.113. The highest BCUT2D eigenvalue weighted by atomic mass is 35.5. The van der Waals surface area contributed by atoms with E-state index in [2.05, 4.69) is 23.1 Å². The van der Waals surface area contributed by atoms with Crippen molar-refractivity contribution >= 4 is 22.6 Å². The lowest BCUT2D eigenvalue weighted by Gasteiger charge is -2.13. The van der Waals surface area contributed by atoms with Crippen molar-refractivity contribution in [2.75, 3.05) is 13.1 Å². The average molecular weight is 396 g/mol. The second kappa shape index (κ2) is 8.93. The molecule has 3 nitrogen and oxygen atoms in total. The van der Waals surface area contributed by atoms with Gasteiger partial charge in [0.25, 0.3) is 0 Å². The van der Waals surface area contributed by atoms with Crippen LogP contribution in [0.3, 0.4) is 0 Å². The van der Waals surface area contributed by atoms with Gasteiger partial charge in [-0.3, -0.25) is 9.69 Å². The highest BCUT2D eigenvalue weighted by Gasteiger charge is 2.15. The van der Waals surface area contributed by atoms with Crippen LogP contribution in [0.25, 0.3) is 11.0 Å². The van der Waals surface area contributed by atoms with Crippen LogP contribution in [0, 0.1) is 0 Å². The summed E-state index contributed by atoms with van der Waals surface area (Å²) in [4.78, 5) is 15.1. The molecule has 2 aromatic carbocycles. The summed E-state index contributed by atoms with van der Waals surface area (Å²) >= 11 is 5.93. The summed E-state index contributed by atoms with van der Waals surface area (Å²) in [6, 6.07) is 14.1. The maximum atomic E-state index is 12.8. The maximum Gasteiger partial charge on any atom is 0.197 e. The Kier molecular flexibility index (Phi) is 6.13. The molecule has 0 radical (unpaired) electrons. The molecule has 4 heteroatoms. The van der Waals surface area contributed by atoms with Crippen molar-refractivity contribution < 1.29 is 4.42 Å². The molecule has 28 heavy (non-hydrogen) atoms. The Labute approximate surface area is 170 Å². The van der Waals surface area contributed by atoms with Gasteiger partial charge in [-0.05, 0) is 87.0 Å². The average Bonchev–Trinajstić information content (AvgIpc) is 3.22. The first-order valence-corrected chi connectivity index (χ1v) is 10.6. The monoisotopic (exact) mass is 395 g/mol. The molecule has 1 saturated heterocycles. The molecule has 1 aliphatic rings. The molecular formula is C24H26ClNO2. The molecule has 4 rings (SSSR count). The van der Waals surface area contributed by atoms with E-state index in [0.717, 1.165) is 49.4 Å². The van der Waals surface area contributed by atoms with E-state index in [1.165, 1.54) is 24.0 Å². The summed E-state index contributed by atoms with van der Waals surface area (Å²) < 4.78 is 5.82. The number of hydrogen-bond donors (Lipinski definition) is 0. The van der Waals surface area contributed by atoms with Crippen LogP contribution in [0.15, 0.2) is 57.9 Å². The van der Waals surface area contributed by atoms with Gasteiger partial charge in [-0.15, -0.1) is 0 Å². The Morgan fingerprint density at radius 2 is 1.61 bits per heavy atom. The normalized spacial score (nSPS) is 14.8. The molecule has 1 aromatic heterocycles.